The highest BCUT2D eigenvalue weighted by Gasteiger charge is 2.66. The molecule has 2 unspecified atom stereocenters. The fourth-order valence-electron chi connectivity index (χ4n) is 8.30. The normalized spacial score (nSPS) is 38.2. The van der Waals surface area contributed by atoms with Gasteiger partial charge in [-0.2, -0.15) is 8.42 Å². The highest BCUT2D eigenvalue weighted by Crippen LogP contribution is 2.69. The molecule has 5 atom stereocenters. The minimum absolute atomic E-state index is 0.126. The minimum atomic E-state index is -3.61. The van der Waals surface area contributed by atoms with Crippen molar-refractivity contribution in [2.24, 2.45) is 16.5 Å². The Morgan fingerprint density at radius 1 is 1.14 bits per heavy atom. The zero-order valence-corrected chi connectivity index (χ0v) is 21.7. The average molecular weight is 505 g/mol. The maximum absolute atomic E-state index is 11.5. The fourth-order valence-corrected chi connectivity index (χ4v) is 8.54. The molecule has 7 heteroatoms. The Morgan fingerprint density at radius 3 is 2.89 bits per heavy atom. The third-order valence-corrected chi connectivity index (χ3v) is 10.2. The van der Waals surface area contributed by atoms with E-state index < -0.39 is 10.1 Å². The van der Waals surface area contributed by atoms with E-state index in [-0.39, 0.29) is 16.6 Å². The molecule has 2 saturated carbocycles. The number of allylic oxidation sites excluding steroid dienone is 1. The lowest BCUT2D eigenvalue weighted by molar-refractivity contribution is -0.126. The van der Waals surface area contributed by atoms with Crippen LogP contribution in [0.25, 0.3) is 10.8 Å². The van der Waals surface area contributed by atoms with E-state index >= 15 is 0 Å². The Balaban J connectivity index is 1.24. The molecule has 1 aromatic carbocycles. The summed E-state index contributed by atoms with van der Waals surface area (Å²) >= 11 is 0. The van der Waals surface area contributed by atoms with Crippen LogP contribution in [0.2, 0.25) is 0 Å². The predicted octanol–water partition coefficient (Wildman–Crippen LogP) is 5.81. The molecule has 0 N–H and O–H groups in total. The number of rotatable bonds is 3. The fraction of sp³-hybridized carbons (Fsp3) is 0.517. The second-order valence-corrected chi connectivity index (χ2v) is 13.4. The van der Waals surface area contributed by atoms with E-state index in [1.54, 1.807) is 0 Å². The summed E-state index contributed by atoms with van der Waals surface area (Å²) in [6.45, 7) is 2.48. The Labute approximate surface area is 212 Å². The van der Waals surface area contributed by atoms with Gasteiger partial charge < -0.3 is 4.74 Å². The van der Waals surface area contributed by atoms with Crippen molar-refractivity contribution < 1.29 is 17.4 Å². The molecule has 3 heterocycles. The predicted molar refractivity (Wildman–Crippen MR) is 139 cm³/mol. The standard InChI is InChI=1S/C29H32N2O4S/c1-27-11-9-23-16-22-5-6-24(31-35-36(2,32)33)17-28(22)12-13-29(23,34-28)26(27)8-7-25(27)20-4-3-19-10-14-30-18-21(19)15-20/h3-4,9-10,14-16,18,25-26H,5-8,11-13,17H2,1-2H3/b31-24-/t25?,26-,27?,28-,29-/m1/s1. The van der Waals surface area contributed by atoms with E-state index in [1.807, 2.05) is 12.4 Å². The zero-order valence-electron chi connectivity index (χ0n) is 20.9. The van der Waals surface area contributed by atoms with Crippen LogP contribution in [-0.2, 0) is 19.1 Å². The van der Waals surface area contributed by atoms with Crippen molar-refractivity contribution in [1.82, 2.24) is 4.98 Å². The van der Waals surface area contributed by atoms with Crippen molar-refractivity contribution >= 4 is 26.6 Å². The van der Waals surface area contributed by atoms with Gasteiger partial charge in [0.2, 0.25) is 0 Å². The molecular weight excluding hydrogens is 472 g/mol. The Kier molecular flexibility index (Phi) is 4.73. The van der Waals surface area contributed by atoms with Gasteiger partial charge in [0.25, 0.3) is 0 Å². The summed E-state index contributed by atoms with van der Waals surface area (Å²) in [6.07, 6.45) is 17.3. The third-order valence-electron chi connectivity index (χ3n) is 9.88. The highest BCUT2D eigenvalue weighted by atomic mass is 32.2. The van der Waals surface area contributed by atoms with Crippen LogP contribution >= 0.6 is 0 Å². The summed E-state index contributed by atoms with van der Waals surface area (Å²) in [7, 11) is -3.61. The van der Waals surface area contributed by atoms with Gasteiger partial charge in [-0.25, -0.2) is 0 Å². The first-order chi connectivity index (χ1) is 17.2. The van der Waals surface area contributed by atoms with Gasteiger partial charge in [0, 0.05) is 24.2 Å². The van der Waals surface area contributed by atoms with Crippen LogP contribution in [0, 0.1) is 11.3 Å². The Hall–Kier alpha value is -2.51. The minimum Gasteiger partial charge on any atom is -0.359 e. The van der Waals surface area contributed by atoms with Crippen molar-refractivity contribution in [1.29, 1.82) is 0 Å². The van der Waals surface area contributed by atoms with E-state index in [9.17, 15) is 8.42 Å². The number of benzene rings is 1. The van der Waals surface area contributed by atoms with Crippen molar-refractivity contribution in [2.75, 3.05) is 6.26 Å². The number of fused-ring (bicyclic) bond motifs is 2. The summed E-state index contributed by atoms with van der Waals surface area (Å²) in [5.41, 5.74) is 4.42. The molecule has 6 nitrogen and oxygen atoms in total. The first kappa shape index (κ1) is 22.7. The van der Waals surface area contributed by atoms with E-state index in [0.717, 1.165) is 50.5 Å². The van der Waals surface area contributed by atoms with Gasteiger partial charge in [-0.15, -0.1) is 0 Å². The van der Waals surface area contributed by atoms with Crippen LogP contribution < -0.4 is 0 Å². The lowest BCUT2D eigenvalue weighted by Crippen LogP contribution is -2.53. The number of pyridine rings is 1. The van der Waals surface area contributed by atoms with Gasteiger partial charge in [-0.1, -0.05) is 36.4 Å². The maximum Gasteiger partial charge on any atom is 0.325 e. The van der Waals surface area contributed by atoms with Crippen molar-refractivity contribution in [2.45, 2.75) is 75.4 Å². The average Bonchev–Trinajstić information content (AvgIpc) is 3.37. The Bertz CT molecular complexity index is 1480. The molecule has 1 aromatic heterocycles. The molecule has 36 heavy (non-hydrogen) atoms. The highest BCUT2D eigenvalue weighted by molar-refractivity contribution is 7.85. The molecule has 1 saturated heterocycles. The summed E-state index contributed by atoms with van der Waals surface area (Å²) in [6, 6.07) is 8.98. The first-order valence-electron chi connectivity index (χ1n) is 13.1. The molecule has 2 aromatic rings. The number of aromatic nitrogens is 1. The van der Waals surface area contributed by atoms with Crippen molar-refractivity contribution in [3.05, 3.63) is 65.5 Å². The molecular formula is C29H32N2O4S. The molecule has 5 aliphatic rings. The van der Waals surface area contributed by atoms with Crippen LogP contribution in [0.4, 0.5) is 0 Å². The van der Waals surface area contributed by atoms with E-state index in [0.29, 0.717) is 24.7 Å². The molecule has 0 radical (unpaired) electrons. The van der Waals surface area contributed by atoms with Gasteiger partial charge in [0.15, 0.2) is 0 Å². The number of hydrogen-bond acceptors (Lipinski definition) is 6. The van der Waals surface area contributed by atoms with Gasteiger partial charge in [0.05, 0.1) is 23.2 Å². The topological polar surface area (TPSA) is 77.8 Å². The summed E-state index contributed by atoms with van der Waals surface area (Å²) in [5, 5.41) is 6.46. The van der Waals surface area contributed by atoms with Crippen LogP contribution in [0.3, 0.4) is 0 Å². The quantitative estimate of drug-likeness (QED) is 0.493. The molecule has 188 valence electrons. The van der Waals surface area contributed by atoms with E-state index in [4.69, 9.17) is 9.02 Å². The molecule has 7 rings (SSSR count). The summed E-state index contributed by atoms with van der Waals surface area (Å²) in [5.74, 6) is 0.933. The van der Waals surface area contributed by atoms with Gasteiger partial charge >= 0.3 is 10.1 Å². The zero-order chi connectivity index (χ0) is 24.8. The SMILES string of the molecule is CC12CC=C3C=C4CC/C(=N/OS(C)(=O)=O)C[C@]45CC[C@]3(O5)[C@@H]1CCC2c1ccc2ccncc2c1. The van der Waals surface area contributed by atoms with Gasteiger partial charge in [-0.3, -0.25) is 9.27 Å². The number of ether oxygens (including phenoxy) is 1. The molecule has 3 aliphatic carbocycles. The molecule has 3 fully saturated rings. The van der Waals surface area contributed by atoms with Gasteiger partial charge in [-0.05, 0) is 96.4 Å². The molecule has 0 amide bonds. The van der Waals surface area contributed by atoms with Crippen LogP contribution in [0.15, 0.2) is 65.1 Å². The van der Waals surface area contributed by atoms with Crippen LogP contribution in [0.1, 0.15) is 69.8 Å². The van der Waals surface area contributed by atoms with Crippen LogP contribution in [0.5, 0.6) is 0 Å². The number of nitrogens with zero attached hydrogens (tertiary/aromatic N) is 2. The summed E-state index contributed by atoms with van der Waals surface area (Å²) < 4.78 is 35.0. The maximum atomic E-state index is 11.5. The lowest BCUT2D eigenvalue weighted by atomic mass is 9.58. The Morgan fingerprint density at radius 2 is 2.03 bits per heavy atom. The number of hydrogen-bond donors (Lipinski definition) is 0. The van der Waals surface area contributed by atoms with Crippen LogP contribution in [-0.4, -0.2) is 36.6 Å². The number of oxime groups is 1. The molecule has 2 aliphatic heterocycles. The van der Waals surface area contributed by atoms with Crippen molar-refractivity contribution in [3.63, 3.8) is 0 Å². The second kappa shape index (κ2) is 7.51. The third kappa shape index (κ3) is 3.21. The van der Waals surface area contributed by atoms with E-state index in [2.05, 4.69) is 53.5 Å². The molecule has 2 bridgehead atoms. The van der Waals surface area contributed by atoms with Gasteiger partial charge in [0.1, 0.15) is 0 Å². The lowest BCUT2D eigenvalue weighted by Gasteiger charge is -2.54. The smallest absolute Gasteiger partial charge is 0.325 e. The largest absolute Gasteiger partial charge is 0.359 e. The molecule has 2 spiro atoms. The monoisotopic (exact) mass is 504 g/mol. The summed E-state index contributed by atoms with van der Waals surface area (Å²) in [4.78, 5) is 4.35. The van der Waals surface area contributed by atoms with Crippen molar-refractivity contribution in [3.8, 4) is 0 Å². The first-order valence-corrected chi connectivity index (χ1v) is 14.9. The van der Waals surface area contributed by atoms with E-state index in [1.165, 1.54) is 27.5 Å². The second-order valence-electron chi connectivity index (χ2n) is 11.8.